The van der Waals surface area contributed by atoms with E-state index >= 15 is 0 Å². The molecule has 4 heterocycles. The molecule has 2 aromatic heterocycles. The van der Waals surface area contributed by atoms with Crippen LogP contribution in [0.15, 0.2) is 36.7 Å². The fourth-order valence-corrected chi connectivity index (χ4v) is 6.86. The van der Waals surface area contributed by atoms with E-state index in [0.717, 1.165) is 73.0 Å². The van der Waals surface area contributed by atoms with Gasteiger partial charge in [0, 0.05) is 53.4 Å². The van der Waals surface area contributed by atoms with Crippen molar-refractivity contribution in [3.8, 4) is 0 Å². The minimum absolute atomic E-state index is 0.166. The number of likely N-dealkylation sites (tertiary alicyclic amines) is 1. The summed E-state index contributed by atoms with van der Waals surface area (Å²) in [5.74, 6) is 1.12. The van der Waals surface area contributed by atoms with Crippen molar-refractivity contribution in [3.05, 3.63) is 52.7 Å². The van der Waals surface area contributed by atoms with Crippen LogP contribution in [-0.2, 0) is 30.1 Å². The number of alkyl halides is 3. The van der Waals surface area contributed by atoms with Crippen LogP contribution in [0.25, 0.3) is 10.2 Å². The van der Waals surface area contributed by atoms with Crippen molar-refractivity contribution in [2.45, 2.75) is 37.7 Å². The smallest absolute Gasteiger partial charge is 0.393 e. The van der Waals surface area contributed by atoms with Gasteiger partial charge in [0.2, 0.25) is 0 Å². The van der Waals surface area contributed by atoms with Crippen LogP contribution in [-0.4, -0.2) is 51.8 Å². The lowest BCUT2D eigenvalue weighted by Gasteiger charge is -2.25. The van der Waals surface area contributed by atoms with Gasteiger partial charge in [0.05, 0.1) is 16.6 Å². The highest BCUT2D eigenvalue weighted by atomic mass is 32.2. The average Bonchev–Trinajstić information content (AvgIpc) is 3.46. The van der Waals surface area contributed by atoms with E-state index in [4.69, 9.17) is 5.14 Å². The van der Waals surface area contributed by atoms with E-state index in [9.17, 15) is 17.7 Å². The molecule has 2 unspecified atom stereocenters. The number of rotatable bonds is 6. The molecule has 182 valence electrons. The highest BCUT2D eigenvalue weighted by molar-refractivity contribution is 7.88. The molecule has 0 saturated carbocycles. The summed E-state index contributed by atoms with van der Waals surface area (Å²) in [6, 6.07) is 9.65. The molecule has 2 aliphatic heterocycles. The zero-order chi connectivity index (χ0) is 23.9. The predicted octanol–water partition coefficient (Wildman–Crippen LogP) is 4.02. The normalized spacial score (nSPS) is 22.3. The Labute approximate surface area is 203 Å². The minimum atomic E-state index is -4.23. The molecule has 11 heteroatoms. The minimum Gasteiger partial charge on any atom is -0.598 e. The molecule has 2 aliphatic rings. The van der Waals surface area contributed by atoms with Gasteiger partial charge in [0.15, 0.2) is 0 Å². The third kappa shape index (κ3) is 5.33. The van der Waals surface area contributed by atoms with Gasteiger partial charge in [-0.1, -0.05) is 24.3 Å². The van der Waals surface area contributed by atoms with E-state index in [2.05, 4.69) is 31.9 Å². The molecule has 2 N–H and O–H groups in total. The summed E-state index contributed by atoms with van der Waals surface area (Å²) in [6.07, 6.45) is -1.58. The van der Waals surface area contributed by atoms with Crippen LogP contribution in [0.2, 0.25) is 0 Å². The second-order valence-corrected chi connectivity index (χ2v) is 11.6. The molecule has 2 saturated heterocycles. The number of aromatic nitrogens is 2. The first-order chi connectivity index (χ1) is 16.2. The Morgan fingerprint density at radius 1 is 1.09 bits per heavy atom. The number of hydrogen-bond acceptors (Lipinski definition) is 7. The molecular weight excluding hydrogens is 483 g/mol. The summed E-state index contributed by atoms with van der Waals surface area (Å²) in [6.45, 7) is 4.55. The van der Waals surface area contributed by atoms with E-state index in [0.29, 0.717) is 11.3 Å². The Morgan fingerprint density at radius 2 is 1.82 bits per heavy atom. The Kier molecular flexibility index (Phi) is 6.49. The highest BCUT2D eigenvalue weighted by Crippen LogP contribution is 2.43. The van der Waals surface area contributed by atoms with Crippen molar-refractivity contribution in [3.63, 3.8) is 0 Å². The molecule has 0 amide bonds. The third-order valence-corrected chi connectivity index (χ3v) is 8.45. The maximum atomic E-state index is 12.9. The molecule has 2 fully saturated rings. The van der Waals surface area contributed by atoms with Crippen LogP contribution in [0.3, 0.4) is 0 Å². The van der Waals surface area contributed by atoms with E-state index in [1.165, 1.54) is 18.0 Å². The molecule has 5 rings (SSSR count). The van der Waals surface area contributed by atoms with Crippen molar-refractivity contribution >= 4 is 38.7 Å². The zero-order valence-electron chi connectivity index (χ0n) is 18.6. The van der Waals surface area contributed by atoms with E-state index in [-0.39, 0.29) is 10.3 Å². The average molecular weight is 510 g/mol. The predicted molar refractivity (Wildman–Crippen MR) is 129 cm³/mol. The lowest BCUT2D eigenvalue weighted by atomic mass is 9.86. The first-order valence-electron chi connectivity index (χ1n) is 11.2. The van der Waals surface area contributed by atoms with Gasteiger partial charge >= 0.3 is 6.18 Å². The van der Waals surface area contributed by atoms with E-state index in [1.54, 1.807) is 0 Å². The second-order valence-electron chi connectivity index (χ2n) is 9.39. The molecular formula is C23H26F3N5OS2. The van der Waals surface area contributed by atoms with E-state index in [1.807, 2.05) is 12.1 Å². The van der Waals surface area contributed by atoms with Gasteiger partial charge in [0.1, 0.15) is 17.9 Å². The maximum absolute atomic E-state index is 12.9. The third-order valence-electron chi connectivity index (χ3n) is 6.71. The van der Waals surface area contributed by atoms with Crippen molar-refractivity contribution in [2.75, 3.05) is 31.1 Å². The fraction of sp³-hybridized carbons (Fsp3) is 0.478. The van der Waals surface area contributed by atoms with Gasteiger partial charge in [0.25, 0.3) is 0 Å². The monoisotopic (exact) mass is 509 g/mol. The Balaban J connectivity index is 1.25. The number of benzene rings is 1. The number of nitrogens with zero attached hydrogens (tertiary/aromatic N) is 4. The summed E-state index contributed by atoms with van der Waals surface area (Å²) >= 11 is -0.187. The molecule has 0 radical (unpaired) electrons. The number of nitrogens with two attached hydrogens (primary N) is 1. The standard InChI is InChI=1S/C23H26F3N5OS2/c24-23(25,26)10-18-9-19-20(33-18)21(29-15-28-19)31-8-6-22(14-31)5-7-30(13-22)11-16-1-3-17(4-2-16)12-34(27)32/h1-4,9,15H,5-8,10-14,27H2. The SMILES string of the molecule is N[S+]([O-])Cc1ccc(CN2CCC3(CCN(c4ncnc5cc(CC(F)(F)F)sc45)C3)C2)cc1. The summed E-state index contributed by atoms with van der Waals surface area (Å²) in [4.78, 5) is 13.6. The quantitative estimate of drug-likeness (QED) is 0.506. The molecule has 0 bridgehead atoms. The maximum Gasteiger partial charge on any atom is 0.393 e. The van der Waals surface area contributed by atoms with Crippen molar-refractivity contribution in [1.29, 1.82) is 0 Å². The van der Waals surface area contributed by atoms with Gasteiger partial charge in [-0.05, 0) is 31.0 Å². The molecule has 34 heavy (non-hydrogen) atoms. The van der Waals surface area contributed by atoms with Crippen LogP contribution in [0.1, 0.15) is 28.8 Å². The zero-order valence-corrected chi connectivity index (χ0v) is 20.2. The highest BCUT2D eigenvalue weighted by Gasteiger charge is 2.44. The van der Waals surface area contributed by atoms with Crippen LogP contribution in [0, 0.1) is 5.41 Å². The van der Waals surface area contributed by atoms with Gasteiger partial charge in [-0.3, -0.25) is 4.90 Å². The molecule has 2 atom stereocenters. The van der Waals surface area contributed by atoms with Crippen LogP contribution in [0.4, 0.5) is 19.0 Å². The molecule has 1 spiro atoms. The van der Waals surface area contributed by atoms with E-state index < -0.39 is 24.0 Å². The lowest BCUT2D eigenvalue weighted by Crippen LogP contribution is -2.31. The molecule has 0 aliphatic carbocycles. The van der Waals surface area contributed by atoms with Crippen molar-refractivity contribution in [2.24, 2.45) is 10.6 Å². The number of halogens is 3. The summed E-state index contributed by atoms with van der Waals surface area (Å²) in [5.41, 5.74) is 2.94. The molecule has 6 nitrogen and oxygen atoms in total. The molecule has 3 aromatic rings. The fourth-order valence-electron chi connectivity index (χ4n) is 5.18. The van der Waals surface area contributed by atoms with Gasteiger partial charge in [-0.15, -0.1) is 11.3 Å². The number of hydrogen-bond donors (Lipinski definition) is 1. The molecule has 1 aromatic carbocycles. The Bertz CT molecular complexity index is 1150. The second kappa shape index (κ2) is 9.27. The summed E-state index contributed by atoms with van der Waals surface area (Å²) < 4.78 is 50.6. The Morgan fingerprint density at radius 3 is 2.56 bits per heavy atom. The van der Waals surface area contributed by atoms with Crippen LogP contribution >= 0.6 is 11.3 Å². The number of fused-ring (bicyclic) bond motifs is 1. The van der Waals surface area contributed by atoms with Gasteiger partial charge in [-0.25, -0.2) is 9.97 Å². The van der Waals surface area contributed by atoms with Crippen LogP contribution < -0.4 is 10.0 Å². The van der Waals surface area contributed by atoms with Gasteiger partial charge < -0.3 is 9.45 Å². The number of thiophene rings is 1. The van der Waals surface area contributed by atoms with Gasteiger partial charge in [-0.2, -0.15) is 18.3 Å². The van der Waals surface area contributed by atoms with Crippen LogP contribution in [0.5, 0.6) is 0 Å². The van der Waals surface area contributed by atoms with Crippen molar-refractivity contribution < 1.29 is 17.7 Å². The number of anilines is 1. The summed E-state index contributed by atoms with van der Waals surface area (Å²) in [5, 5.41) is 5.38. The first-order valence-corrected chi connectivity index (χ1v) is 13.4. The summed E-state index contributed by atoms with van der Waals surface area (Å²) in [7, 11) is 0. The topological polar surface area (TPSA) is 81.3 Å². The first kappa shape index (κ1) is 23.8. The lowest BCUT2D eigenvalue weighted by molar-refractivity contribution is -0.126. The largest absolute Gasteiger partial charge is 0.598 e. The Hall–Kier alpha value is -1.92. The van der Waals surface area contributed by atoms with Crippen molar-refractivity contribution in [1.82, 2.24) is 14.9 Å².